The van der Waals surface area contributed by atoms with Crippen LogP contribution in [-0.4, -0.2) is 61.4 Å². The number of hydrogen-bond acceptors (Lipinski definition) is 3. The number of nitrogens with two attached hydrogens (primary N) is 1. The number of nitrogens with one attached hydrogen (secondary N) is 1. The molecule has 28 heavy (non-hydrogen) atoms. The Hall–Kier alpha value is -1.79. The molecule has 2 atom stereocenters. The lowest BCUT2D eigenvalue weighted by atomic mass is 9.95. The third kappa shape index (κ3) is 5.61. The summed E-state index contributed by atoms with van der Waals surface area (Å²) in [5.41, 5.74) is 6.64. The van der Waals surface area contributed by atoms with E-state index in [9.17, 15) is 4.79 Å². The lowest BCUT2D eigenvalue weighted by molar-refractivity contribution is -0.119. The number of carbonyl (C=O) groups excluding carboxylic acids is 1. The zero-order valence-electron chi connectivity index (χ0n) is 16.7. The minimum absolute atomic E-state index is 0.218. The summed E-state index contributed by atoms with van der Waals surface area (Å²) in [4.78, 5) is 20.6. The Morgan fingerprint density at radius 1 is 1.32 bits per heavy atom. The van der Waals surface area contributed by atoms with Crippen LogP contribution in [0.1, 0.15) is 43.7 Å². The van der Waals surface area contributed by atoms with Gasteiger partial charge in [-0.15, -0.1) is 0 Å². The number of primary amides is 1. The van der Waals surface area contributed by atoms with Crippen molar-refractivity contribution in [3.8, 4) is 0 Å². The number of aliphatic imine (C=N–C) groups is 1. The van der Waals surface area contributed by atoms with Gasteiger partial charge in [0.2, 0.25) is 5.91 Å². The Kier molecular flexibility index (Phi) is 7.57. The number of halogens is 1. The highest BCUT2D eigenvalue weighted by Crippen LogP contribution is 2.27. The van der Waals surface area contributed by atoms with E-state index in [1.54, 1.807) is 0 Å². The molecule has 2 saturated heterocycles. The third-order valence-electron chi connectivity index (χ3n) is 5.79. The summed E-state index contributed by atoms with van der Waals surface area (Å²) >= 11 is 6.26. The number of hydrogen-bond donors (Lipinski definition) is 2. The lowest BCUT2D eigenvalue weighted by Gasteiger charge is -2.36. The molecule has 1 amide bonds. The molecular weight excluding hydrogens is 374 g/mol. The zero-order chi connectivity index (χ0) is 19.9. The summed E-state index contributed by atoms with van der Waals surface area (Å²) in [6.07, 6.45) is 5.05. The maximum Gasteiger partial charge on any atom is 0.217 e. The highest BCUT2D eigenvalue weighted by molar-refractivity contribution is 6.30. The van der Waals surface area contributed by atoms with Crippen LogP contribution in [-0.2, 0) is 4.79 Å². The molecule has 0 aliphatic carbocycles. The van der Waals surface area contributed by atoms with Crippen molar-refractivity contribution >= 4 is 23.5 Å². The smallest absolute Gasteiger partial charge is 0.217 e. The molecule has 2 aliphatic rings. The molecular formula is C21H32ClN5O. The molecule has 3 rings (SSSR count). The fraction of sp³-hybridized carbons (Fsp3) is 0.619. The standard InChI is InChI=1S/C21H32ClN5O/c1-24-21(27-11-5-6-16(15-27)12-20(23)28)25-14-19(26-9-2-3-10-26)17-7-4-8-18(22)13-17/h4,7-8,13,16,19H,2-3,5-6,9-12,14-15H2,1H3,(H2,23,28)(H,24,25). The summed E-state index contributed by atoms with van der Waals surface area (Å²) in [5, 5.41) is 4.36. The van der Waals surface area contributed by atoms with Crippen LogP contribution < -0.4 is 11.1 Å². The van der Waals surface area contributed by atoms with Crippen LogP contribution in [0.2, 0.25) is 5.02 Å². The molecule has 1 aromatic carbocycles. The van der Waals surface area contributed by atoms with Crippen molar-refractivity contribution < 1.29 is 4.79 Å². The minimum atomic E-state index is -0.218. The summed E-state index contributed by atoms with van der Waals surface area (Å²) in [6, 6.07) is 8.44. The van der Waals surface area contributed by atoms with E-state index in [4.69, 9.17) is 17.3 Å². The monoisotopic (exact) mass is 405 g/mol. The first-order chi connectivity index (χ1) is 13.6. The van der Waals surface area contributed by atoms with Crippen molar-refractivity contribution in [3.05, 3.63) is 34.9 Å². The van der Waals surface area contributed by atoms with Crippen LogP contribution >= 0.6 is 11.6 Å². The van der Waals surface area contributed by atoms with E-state index in [-0.39, 0.29) is 11.9 Å². The molecule has 2 fully saturated rings. The van der Waals surface area contributed by atoms with Crippen molar-refractivity contribution in [2.45, 2.75) is 38.1 Å². The van der Waals surface area contributed by atoms with Gasteiger partial charge in [-0.3, -0.25) is 14.7 Å². The summed E-state index contributed by atoms with van der Waals surface area (Å²) in [5.74, 6) is 0.998. The second kappa shape index (κ2) is 10.1. The highest BCUT2D eigenvalue weighted by atomic mass is 35.5. The molecule has 0 saturated carbocycles. The quantitative estimate of drug-likeness (QED) is 0.563. The maximum absolute atomic E-state index is 11.3. The first kappa shape index (κ1) is 20.9. The maximum atomic E-state index is 11.3. The number of amides is 1. The molecule has 2 heterocycles. The average molecular weight is 406 g/mol. The molecule has 3 N–H and O–H groups in total. The first-order valence-electron chi connectivity index (χ1n) is 10.3. The van der Waals surface area contributed by atoms with Gasteiger partial charge in [0.15, 0.2) is 5.96 Å². The van der Waals surface area contributed by atoms with Gasteiger partial charge in [-0.05, 0) is 62.4 Å². The summed E-state index contributed by atoms with van der Waals surface area (Å²) in [7, 11) is 1.82. The number of nitrogens with zero attached hydrogens (tertiary/aromatic N) is 3. The molecule has 2 aliphatic heterocycles. The molecule has 0 bridgehead atoms. The number of carbonyl (C=O) groups is 1. The SMILES string of the molecule is CN=C(NCC(c1cccc(Cl)c1)N1CCCC1)N1CCCC(CC(N)=O)C1. The molecule has 7 heteroatoms. The normalized spacial score (nSPS) is 22.3. The van der Waals surface area contributed by atoms with Gasteiger partial charge in [0.25, 0.3) is 0 Å². The average Bonchev–Trinajstić information content (AvgIpc) is 3.19. The topological polar surface area (TPSA) is 74.0 Å². The zero-order valence-corrected chi connectivity index (χ0v) is 17.5. The first-order valence-corrected chi connectivity index (χ1v) is 10.7. The van der Waals surface area contributed by atoms with Gasteiger partial charge < -0.3 is 16.0 Å². The third-order valence-corrected chi connectivity index (χ3v) is 6.02. The number of guanidine groups is 1. The van der Waals surface area contributed by atoms with Crippen LogP contribution in [0, 0.1) is 5.92 Å². The largest absolute Gasteiger partial charge is 0.370 e. The Morgan fingerprint density at radius 3 is 2.79 bits per heavy atom. The minimum Gasteiger partial charge on any atom is -0.370 e. The number of rotatable bonds is 6. The Labute approximate surface area is 173 Å². The van der Waals surface area contributed by atoms with E-state index < -0.39 is 0 Å². The Bertz CT molecular complexity index is 689. The second-order valence-corrected chi connectivity index (χ2v) is 8.30. The lowest BCUT2D eigenvalue weighted by Crippen LogP contribution is -2.49. The van der Waals surface area contributed by atoms with Crippen LogP contribution in [0.15, 0.2) is 29.3 Å². The van der Waals surface area contributed by atoms with E-state index in [0.717, 1.165) is 56.5 Å². The van der Waals surface area contributed by atoms with Gasteiger partial charge >= 0.3 is 0 Å². The van der Waals surface area contributed by atoms with Crippen molar-refractivity contribution in [1.82, 2.24) is 15.1 Å². The van der Waals surface area contributed by atoms with Crippen LogP contribution in [0.5, 0.6) is 0 Å². The molecule has 1 aromatic rings. The van der Waals surface area contributed by atoms with Gasteiger partial charge in [-0.1, -0.05) is 23.7 Å². The molecule has 2 unspecified atom stereocenters. The van der Waals surface area contributed by atoms with Gasteiger partial charge in [0.1, 0.15) is 0 Å². The number of benzene rings is 1. The molecule has 0 spiro atoms. The number of piperidine rings is 1. The van der Waals surface area contributed by atoms with Crippen molar-refractivity contribution in [1.29, 1.82) is 0 Å². The van der Waals surface area contributed by atoms with Gasteiger partial charge in [0, 0.05) is 38.1 Å². The van der Waals surface area contributed by atoms with E-state index >= 15 is 0 Å². The Morgan fingerprint density at radius 2 is 2.11 bits per heavy atom. The van der Waals surface area contributed by atoms with Crippen LogP contribution in [0.4, 0.5) is 0 Å². The fourth-order valence-electron chi connectivity index (χ4n) is 4.45. The van der Waals surface area contributed by atoms with Gasteiger partial charge in [-0.25, -0.2) is 0 Å². The summed E-state index contributed by atoms with van der Waals surface area (Å²) in [6.45, 7) is 4.79. The van der Waals surface area contributed by atoms with E-state index in [1.165, 1.54) is 18.4 Å². The Balaban J connectivity index is 1.66. The predicted octanol–water partition coefficient (Wildman–Crippen LogP) is 2.64. The van der Waals surface area contributed by atoms with Gasteiger partial charge in [-0.2, -0.15) is 0 Å². The fourth-order valence-corrected chi connectivity index (χ4v) is 4.65. The van der Waals surface area contributed by atoms with Crippen LogP contribution in [0.25, 0.3) is 0 Å². The van der Waals surface area contributed by atoms with E-state index in [0.29, 0.717) is 12.3 Å². The predicted molar refractivity (Wildman–Crippen MR) is 114 cm³/mol. The van der Waals surface area contributed by atoms with E-state index in [2.05, 4.69) is 32.2 Å². The van der Waals surface area contributed by atoms with Crippen molar-refractivity contribution in [3.63, 3.8) is 0 Å². The highest BCUT2D eigenvalue weighted by Gasteiger charge is 2.27. The molecule has 0 aromatic heterocycles. The van der Waals surface area contributed by atoms with E-state index in [1.807, 2.05) is 19.2 Å². The molecule has 154 valence electrons. The van der Waals surface area contributed by atoms with Crippen molar-refractivity contribution in [2.75, 3.05) is 39.8 Å². The van der Waals surface area contributed by atoms with Gasteiger partial charge in [0.05, 0.1) is 6.04 Å². The molecule has 0 radical (unpaired) electrons. The summed E-state index contributed by atoms with van der Waals surface area (Å²) < 4.78 is 0. The van der Waals surface area contributed by atoms with Crippen molar-refractivity contribution in [2.24, 2.45) is 16.6 Å². The number of likely N-dealkylation sites (tertiary alicyclic amines) is 2. The second-order valence-electron chi connectivity index (χ2n) is 7.87. The molecule has 6 nitrogen and oxygen atoms in total. The van der Waals surface area contributed by atoms with Crippen LogP contribution in [0.3, 0.4) is 0 Å².